The first kappa shape index (κ1) is 11.5. The maximum atomic E-state index is 11.4. The van der Waals surface area contributed by atoms with E-state index in [1.54, 1.807) is 0 Å². The molecule has 0 aliphatic carbocycles. The van der Waals surface area contributed by atoms with Crippen molar-refractivity contribution in [1.29, 1.82) is 0 Å². The minimum atomic E-state index is 0.0374. The topological polar surface area (TPSA) is 26.3 Å². The molecule has 0 aromatic heterocycles. The van der Waals surface area contributed by atoms with Crippen LogP contribution in [0.5, 0.6) is 0 Å². The van der Waals surface area contributed by atoms with Crippen LogP contribution in [0, 0.1) is 17.8 Å². The van der Waals surface area contributed by atoms with Crippen molar-refractivity contribution in [3.63, 3.8) is 0 Å². The first-order valence-corrected chi connectivity index (χ1v) is 5.81. The zero-order valence-electron chi connectivity index (χ0n) is 9.58. The molecular formula is C12H22O2. The highest BCUT2D eigenvalue weighted by molar-refractivity contribution is 5.73. The fourth-order valence-corrected chi connectivity index (χ4v) is 1.99. The molecule has 82 valence electrons. The van der Waals surface area contributed by atoms with Crippen molar-refractivity contribution in [2.45, 2.75) is 46.5 Å². The van der Waals surface area contributed by atoms with E-state index in [-0.39, 0.29) is 11.9 Å². The van der Waals surface area contributed by atoms with E-state index in [4.69, 9.17) is 4.74 Å². The monoisotopic (exact) mass is 198 g/mol. The van der Waals surface area contributed by atoms with Crippen molar-refractivity contribution in [3.8, 4) is 0 Å². The normalized spacial score (nSPS) is 27.9. The van der Waals surface area contributed by atoms with Crippen LogP contribution in [0.15, 0.2) is 0 Å². The number of unbranched alkanes of at least 4 members (excludes halogenated alkanes) is 1. The quantitative estimate of drug-likeness (QED) is 0.649. The largest absolute Gasteiger partial charge is 0.465 e. The summed E-state index contributed by atoms with van der Waals surface area (Å²) in [6, 6.07) is 0. The molecule has 1 rings (SSSR count). The smallest absolute Gasteiger partial charge is 0.308 e. The van der Waals surface area contributed by atoms with Crippen LogP contribution in [0.1, 0.15) is 46.5 Å². The lowest BCUT2D eigenvalue weighted by molar-refractivity contribution is -0.157. The zero-order chi connectivity index (χ0) is 10.6. The minimum Gasteiger partial charge on any atom is -0.465 e. The predicted octanol–water partition coefficient (Wildman–Crippen LogP) is 3.01. The molecular weight excluding hydrogens is 176 g/mol. The van der Waals surface area contributed by atoms with Gasteiger partial charge in [-0.2, -0.15) is 0 Å². The number of hydrogen-bond donors (Lipinski definition) is 0. The van der Waals surface area contributed by atoms with Crippen molar-refractivity contribution in [2.75, 3.05) is 6.61 Å². The molecule has 1 aliphatic heterocycles. The van der Waals surface area contributed by atoms with Gasteiger partial charge in [-0.1, -0.05) is 33.6 Å². The summed E-state index contributed by atoms with van der Waals surface area (Å²) in [6.45, 7) is 7.22. The number of esters is 1. The summed E-state index contributed by atoms with van der Waals surface area (Å²) in [7, 11) is 0. The van der Waals surface area contributed by atoms with Crippen molar-refractivity contribution in [1.82, 2.24) is 0 Å². The van der Waals surface area contributed by atoms with Gasteiger partial charge in [0.15, 0.2) is 0 Å². The summed E-state index contributed by atoms with van der Waals surface area (Å²) in [5, 5.41) is 0. The van der Waals surface area contributed by atoms with E-state index in [9.17, 15) is 4.79 Å². The summed E-state index contributed by atoms with van der Waals surface area (Å²) in [4.78, 5) is 11.4. The molecule has 1 aliphatic rings. The Morgan fingerprint density at radius 3 is 2.79 bits per heavy atom. The third-order valence-electron chi connectivity index (χ3n) is 3.21. The highest BCUT2D eigenvalue weighted by atomic mass is 16.5. The van der Waals surface area contributed by atoms with Gasteiger partial charge in [0, 0.05) is 0 Å². The van der Waals surface area contributed by atoms with Crippen molar-refractivity contribution < 1.29 is 9.53 Å². The SMILES string of the molecule is CCCC[C@H]1C[C@@H](C(C)C)COC1=O. The Morgan fingerprint density at radius 2 is 2.21 bits per heavy atom. The number of cyclic esters (lactones) is 1. The van der Waals surface area contributed by atoms with Crippen LogP contribution in [0.3, 0.4) is 0 Å². The Bertz CT molecular complexity index is 187. The van der Waals surface area contributed by atoms with Gasteiger partial charge in [-0.25, -0.2) is 0 Å². The van der Waals surface area contributed by atoms with Gasteiger partial charge in [0.05, 0.1) is 12.5 Å². The highest BCUT2D eigenvalue weighted by Gasteiger charge is 2.31. The number of carbonyl (C=O) groups excluding carboxylic acids is 1. The molecule has 0 spiro atoms. The number of hydrogen-bond acceptors (Lipinski definition) is 2. The maximum Gasteiger partial charge on any atom is 0.308 e. The maximum absolute atomic E-state index is 11.4. The molecule has 0 amide bonds. The van der Waals surface area contributed by atoms with Crippen molar-refractivity contribution in [3.05, 3.63) is 0 Å². The molecule has 2 atom stereocenters. The Morgan fingerprint density at radius 1 is 1.50 bits per heavy atom. The molecule has 0 aromatic rings. The van der Waals surface area contributed by atoms with E-state index in [2.05, 4.69) is 20.8 Å². The van der Waals surface area contributed by atoms with E-state index in [0.29, 0.717) is 18.4 Å². The summed E-state index contributed by atoms with van der Waals surface area (Å²) >= 11 is 0. The molecule has 1 heterocycles. The molecule has 14 heavy (non-hydrogen) atoms. The van der Waals surface area contributed by atoms with Gasteiger partial charge in [-0.05, 0) is 24.7 Å². The van der Waals surface area contributed by atoms with Gasteiger partial charge in [0.25, 0.3) is 0 Å². The molecule has 2 nitrogen and oxygen atoms in total. The van der Waals surface area contributed by atoms with Crippen LogP contribution in [-0.2, 0) is 9.53 Å². The Hall–Kier alpha value is -0.530. The second-order valence-corrected chi connectivity index (χ2v) is 4.71. The number of carbonyl (C=O) groups is 1. The predicted molar refractivity (Wildman–Crippen MR) is 56.9 cm³/mol. The van der Waals surface area contributed by atoms with E-state index in [1.165, 1.54) is 0 Å². The molecule has 0 saturated carbocycles. The average Bonchev–Trinajstić information content (AvgIpc) is 2.16. The summed E-state index contributed by atoms with van der Waals surface area (Å²) < 4.78 is 5.22. The van der Waals surface area contributed by atoms with Crippen LogP contribution in [0.4, 0.5) is 0 Å². The molecule has 0 bridgehead atoms. The summed E-state index contributed by atoms with van der Waals surface area (Å²) in [6.07, 6.45) is 4.36. The fraction of sp³-hybridized carbons (Fsp3) is 0.917. The second kappa shape index (κ2) is 5.38. The van der Waals surface area contributed by atoms with Crippen LogP contribution in [-0.4, -0.2) is 12.6 Å². The van der Waals surface area contributed by atoms with Crippen LogP contribution < -0.4 is 0 Å². The number of ether oxygens (including phenoxy) is 1. The fourth-order valence-electron chi connectivity index (χ4n) is 1.99. The van der Waals surface area contributed by atoms with E-state index < -0.39 is 0 Å². The molecule has 0 unspecified atom stereocenters. The van der Waals surface area contributed by atoms with Gasteiger partial charge in [0.1, 0.15) is 0 Å². The van der Waals surface area contributed by atoms with Gasteiger partial charge < -0.3 is 4.74 Å². The lowest BCUT2D eigenvalue weighted by Gasteiger charge is -2.30. The third kappa shape index (κ3) is 3.00. The molecule has 0 N–H and O–H groups in total. The molecule has 1 fully saturated rings. The van der Waals surface area contributed by atoms with Crippen molar-refractivity contribution >= 4 is 5.97 Å². The lowest BCUT2D eigenvalue weighted by atomic mass is 9.83. The highest BCUT2D eigenvalue weighted by Crippen LogP contribution is 2.29. The summed E-state index contributed by atoms with van der Waals surface area (Å²) in [5.74, 6) is 1.42. The molecule has 0 radical (unpaired) electrons. The second-order valence-electron chi connectivity index (χ2n) is 4.71. The van der Waals surface area contributed by atoms with Gasteiger partial charge in [-0.15, -0.1) is 0 Å². The Labute approximate surface area is 87.0 Å². The van der Waals surface area contributed by atoms with Gasteiger partial charge >= 0.3 is 5.97 Å². The molecule has 1 saturated heterocycles. The van der Waals surface area contributed by atoms with Gasteiger partial charge in [-0.3, -0.25) is 4.79 Å². The zero-order valence-corrected chi connectivity index (χ0v) is 9.58. The number of rotatable bonds is 4. The van der Waals surface area contributed by atoms with E-state index in [1.807, 2.05) is 0 Å². The third-order valence-corrected chi connectivity index (χ3v) is 3.21. The molecule has 0 aromatic carbocycles. The lowest BCUT2D eigenvalue weighted by Crippen LogP contribution is -2.32. The first-order valence-electron chi connectivity index (χ1n) is 5.81. The van der Waals surface area contributed by atoms with Crippen LogP contribution in [0.25, 0.3) is 0 Å². The Kier molecular flexibility index (Phi) is 4.43. The minimum absolute atomic E-state index is 0.0374. The van der Waals surface area contributed by atoms with E-state index in [0.717, 1.165) is 25.7 Å². The van der Waals surface area contributed by atoms with Crippen LogP contribution >= 0.6 is 0 Å². The van der Waals surface area contributed by atoms with E-state index >= 15 is 0 Å². The Balaban J connectivity index is 2.42. The average molecular weight is 198 g/mol. The molecule has 2 heteroatoms. The summed E-state index contributed by atoms with van der Waals surface area (Å²) in [5.41, 5.74) is 0. The first-order chi connectivity index (χ1) is 6.65. The van der Waals surface area contributed by atoms with Crippen molar-refractivity contribution in [2.24, 2.45) is 17.8 Å². The standard InChI is InChI=1S/C12H22O2/c1-4-5-6-10-7-11(9(2)3)8-14-12(10)13/h9-11H,4-8H2,1-3H3/t10-,11+/m0/s1. The van der Waals surface area contributed by atoms with Crippen LogP contribution in [0.2, 0.25) is 0 Å². The van der Waals surface area contributed by atoms with Gasteiger partial charge in [0.2, 0.25) is 0 Å².